The Kier molecular flexibility index (Phi) is 7.57. The molecule has 50 heavy (non-hydrogen) atoms. The van der Waals surface area contributed by atoms with Gasteiger partial charge in [-0.25, -0.2) is 19.6 Å². The number of fused-ring (bicyclic) bond motifs is 1. The number of carbonyl (C=O) groups is 2. The van der Waals surface area contributed by atoms with Crippen molar-refractivity contribution < 1.29 is 19.1 Å². The molecule has 0 radical (unpaired) electrons. The van der Waals surface area contributed by atoms with Gasteiger partial charge in [-0.2, -0.15) is 0 Å². The number of aromatic amines is 2. The van der Waals surface area contributed by atoms with E-state index < -0.39 is 11.2 Å². The maximum atomic E-state index is 13.2. The maximum Gasteiger partial charge on any atom is 0.411 e. The third-order valence-electron chi connectivity index (χ3n) is 9.91. The normalized spacial score (nSPS) is 23.7. The van der Waals surface area contributed by atoms with E-state index >= 15 is 0 Å². The smallest absolute Gasteiger partial charge is 0.411 e. The fourth-order valence-corrected chi connectivity index (χ4v) is 8.88. The van der Waals surface area contributed by atoms with Crippen molar-refractivity contribution in [3.63, 3.8) is 0 Å². The average molecular weight is 693 g/mol. The van der Waals surface area contributed by atoms with Crippen LogP contribution < -0.4 is 0 Å². The number of nitrogens with zero attached hydrogens (tertiary/aromatic N) is 4. The molecule has 2 aromatic heterocycles. The van der Waals surface area contributed by atoms with E-state index in [1.54, 1.807) is 4.90 Å². The van der Waals surface area contributed by atoms with Crippen LogP contribution in [0.5, 0.6) is 0 Å². The Morgan fingerprint density at radius 2 is 1.62 bits per heavy atom. The van der Waals surface area contributed by atoms with Crippen LogP contribution in [-0.2, 0) is 9.47 Å². The zero-order valence-electron chi connectivity index (χ0n) is 29.6. The second-order valence-corrected chi connectivity index (χ2v) is 17.7. The number of nitrogens with one attached hydrogen (secondary N) is 2. The van der Waals surface area contributed by atoms with Gasteiger partial charge >= 0.3 is 12.2 Å². The van der Waals surface area contributed by atoms with E-state index in [0.717, 1.165) is 70.9 Å². The van der Waals surface area contributed by atoms with E-state index in [0.29, 0.717) is 6.54 Å². The summed E-state index contributed by atoms with van der Waals surface area (Å²) in [5.41, 5.74) is 4.70. The lowest BCUT2D eigenvalue weighted by Gasteiger charge is -2.28. The molecular formula is C39H44N6O4S. The van der Waals surface area contributed by atoms with E-state index in [4.69, 9.17) is 14.5 Å². The Labute approximate surface area is 297 Å². The molecule has 1 unspecified atom stereocenters. The van der Waals surface area contributed by atoms with Gasteiger partial charge in [0.1, 0.15) is 27.7 Å². The Bertz CT molecular complexity index is 2040. The highest BCUT2D eigenvalue weighted by Gasteiger charge is 2.73. The summed E-state index contributed by atoms with van der Waals surface area (Å²) in [6, 6.07) is 14.0. The summed E-state index contributed by atoms with van der Waals surface area (Å²) in [6.07, 6.45) is 6.41. The molecule has 3 aliphatic heterocycles. The van der Waals surface area contributed by atoms with Crippen LogP contribution in [0.4, 0.5) is 9.59 Å². The third kappa shape index (κ3) is 6.34. The molecule has 8 rings (SSSR count). The topological polar surface area (TPSA) is 116 Å². The molecule has 2 spiro atoms. The molecule has 4 aliphatic rings. The summed E-state index contributed by atoms with van der Waals surface area (Å²) in [5, 5.41) is 0.100. The van der Waals surface area contributed by atoms with E-state index in [1.165, 1.54) is 12.8 Å². The van der Waals surface area contributed by atoms with E-state index in [1.807, 2.05) is 107 Å². The van der Waals surface area contributed by atoms with E-state index in [-0.39, 0.29) is 33.8 Å². The van der Waals surface area contributed by atoms with Crippen molar-refractivity contribution in [2.75, 3.05) is 13.1 Å². The number of amides is 2. The largest absolute Gasteiger partial charge is 0.444 e. The lowest BCUT2D eigenvalue weighted by molar-refractivity contribution is 0.0206. The van der Waals surface area contributed by atoms with Gasteiger partial charge in [-0.1, -0.05) is 24.0 Å². The SMILES string of the molecule is CC(C)(C)OC(=O)N1CCC[C@H]1c1ncc(-c2ccc(C#Cc3ccc4nc(C5S[C@@]56CC5(CC5)CN6C(=O)OC(C)(C)C)[nH]c4c3)cc2)[nH]1. The predicted molar refractivity (Wildman–Crippen MR) is 193 cm³/mol. The molecule has 5 heterocycles. The Hall–Kier alpha value is -4.43. The van der Waals surface area contributed by atoms with Crippen molar-refractivity contribution >= 4 is 35.0 Å². The number of hydrogen-bond donors (Lipinski definition) is 2. The molecule has 1 saturated carbocycles. The zero-order valence-corrected chi connectivity index (χ0v) is 30.4. The number of carbonyl (C=O) groups excluding carboxylic acids is 2. The maximum absolute atomic E-state index is 13.2. The van der Waals surface area contributed by atoms with Gasteiger partial charge in [-0.05, 0) is 115 Å². The average Bonchev–Trinajstić information content (AvgIpc) is 3.57. The number of H-pyrrole nitrogens is 2. The number of aromatic nitrogens is 4. The molecule has 260 valence electrons. The van der Waals surface area contributed by atoms with Crippen LogP contribution in [0.3, 0.4) is 0 Å². The van der Waals surface area contributed by atoms with Gasteiger partial charge in [0.15, 0.2) is 0 Å². The van der Waals surface area contributed by atoms with Crippen molar-refractivity contribution in [1.29, 1.82) is 0 Å². The predicted octanol–water partition coefficient (Wildman–Crippen LogP) is 8.33. The fraction of sp³-hybridized carbons (Fsp3) is 0.487. The zero-order chi connectivity index (χ0) is 35.1. The first-order chi connectivity index (χ1) is 23.7. The summed E-state index contributed by atoms with van der Waals surface area (Å²) in [7, 11) is 0. The summed E-state index contributed by atoms with van der Waals surface area (Å²) >= 11 is 1.82. The molecule has 4 aromatic rings. The van der Waals surface area contributed by atoms with E-state index in [9.17, 15) is 9.59 Å². The van der Waals surface area contributed by atoms with Crippen molar-refractivity contribution in [2.45, 2.75) is 101 Å². The molecule has 11 heteroatoms. The second kappa shape index (κ2) is 11.6. The monoisotopic (exact) mass is 692 g/mol. The highest BCUT2D eigenvalue weighted by Crippen LogP contribution is 2.76. The minimum absolute atomic E-state index is 0.100. The van der Waals surface area contributed by atoms with Gasteiger partial charge < -0.3 is 19.4 Å². The number of likely N-dealkylation sites (tertiary alicyclic amines) is 2. The van der Waals surface area contributed by atoms with Crippen LogP contribution in [0.2, 0.25) is 0 Å². The lowest BCUT2D eigenvalue weighted by Crippen LogP contribution is -2.41. The Morgan fingerprint density at radius 1 is 0.920 bits per heavy atom. The van der Waals surface area contributed by atoms with E-state index in [2.05, 4.69) is 26.8 Å². The van der Waals surface area contributed by atoms with Crippen LogP contribution >= 0.6 is 11.8 Å². The van der Waals surface area contributed by atoms with Crippen LogP contribution in [0.1, 0.15) is 108 Å². The van der Waals surface area contributed by atoms with Crippen molar-refractivity contribution in [2.24, 2.45) is 5.41 Å². The fourth-order valence-electron chi connectivity index (χ4n) is 7.34. The van der Waals surface area contributed by atoms with Crippen LogP contribution in [0.15, 0.2) is 48.7 Å². The van der Waals surface area contributed by atoms with Gasteiger partial charge in [0.2, 0.25) is 0 Å². The summed E-state index contributed by atoms with van der Waals surface area (Å²) in [6.45, 7) is 12.8. The minimum atomic E-state index is -0.541. The van der Waals surface area contributed by atoms with Crippen LogP contribution in [0.25, 0.3) is 22.3 Å². The first-order valence-corrected chi connectivity index (χ1v) is 18.4. The van der Waals surface area contributed by atoms with Crippen LogP contribution in [-0.4, -0.2) is 71.1 Å². The first-order valence-electron chi connectivity index (χ1n) is 17.5. The summed E-state index contributed by atoms with van der Waals surface area (Å²) < 4.78 is 11.4. The van der Waals surface area contributed by atoms with Gasteiger partial charge in [0.05, 0.1) is 34.2 Å². The van der Waals surface area contributed by atoms with Crippen molar-refractivity contribution in [3.8, 4) is 23.1 Å². The first kappa shape index (κ1) is 32.8. The number of thioether (sulfide) groups is 1. The van der Waals surface area contributed by atoms with Crippen molar-refractivity contribution in [1.82, 2.24) is 29.7 Å². The standard InChI is InChI=1S/C39H44N6O4S/c1-36(2,3)48-34(46)44-19-7-8-30(44)32-40-21-29(43-32)26-14-11-24(12-15-26)9-10-25-13-16-27-28(20-25)42-33(41-27)31-39(50-31)22-38(17-18-38)23-45(39)35(47)49-37(4,5)6/h11-16,20-21,30-31H,7-8,17-19,22-23H2,1-6H3,(H,40,43)(H,41,42)/t30-,31?,39-/m0/s1. The lowest BCUT2D eigenvalue weighted by atomic mass is 10.0. The quantitative estimate of drug-likeness (QED) is 0.164. The number of rotatable bonds is 3. The summed E-state index contributed by atoms with van der Waals surface area (Å²) in [4.78, 5) is 46.1. The second-order valence-electron chi connectivity index (χ2n) is 16.3. The molecular weight excluding hydrogens is 649 g/mol. The van der Waals surface area contributed by atoms with Crippen LogP contribution in [0, 0.1) is 17.3 Å². The molecule has 3 atom stereocenters. The number of hydrogen-bond acceptors (Lipinski definition) is 7. The minimum Gasteiger partial charge on any atom is -0.444 e. The van der Waals surface area contributed by atoms with Gasteiger partial charge in [-0.15, -0.1) is 11.8 Å². The van der Waals surface area contributed by atoms with Gasteiger partial charge in [0.25, 0.3) is 0 Å². The Balaban J connectivity index is 0.942. The third-order valence-corrected chi connectivity index (χ3v) is 11.5. The van der Waals surface area contributed by atoms with Crippen molar-refractivity contribution in [3.05, 3.63) is 71.4 Å². The molecule has 1 aliphatic carbocycles. The highest BCUT2D eigenvalue weighted by molar-refractivity contribution is 8.08. The number of benzene rings is 2. The molecule has 0 bridgehead atoms. The number of imidazole rings is 2. The van der Waals surface area contributed by atoms with Gasteiger partial charge in [0, 0.05) is 24.2 Å². The summed E-state index contributed by atoms with van der Waals surface area (Å²) in [5.74, 6) is 8.28. The molecule has 4 fully saturated rings. The van der Waals surface area contributed by atoms with Gasteiger partial charge in [-0.3, -0.25) is 9.80 Å². The molecule has 3 saturated heterocycles. The molecule has 2 amide bonds. The highest BCUT2D eigenvalue weighted by atomic mass is 32.2. The Morgan fingerprint density at radius 3 is 2.34 bits per heavy atom. The number of ether oxygens (including phenoxy) is 2. The molecule has 2 N–H and O–H groups in total. The molecule has 10 nitrogen and oxygen atoms in total. The molecule has 2 aromatic carbocycles.